The highest BCUT2D eigenvalue weighted by Crippen LogP contribution is 2.46. The lowest BCUT2D eigenvalue weighted by Crippen LogP contribution is -2.43. The first-order valence-electron chi connectivity index (χ1n) is 8.98. The van der Waals surface area contributed by atoms with Crippen LogP contribution in [0.25, 0.3) is 0 Å². The van der Waals surface area contributed by atoms with Crippen LogP contribution in [0.4, 0.5) is 4.39 Å². The molecule has 0 aliphatic heterocycles. The summed E-state index contributed by atoms with van der Waals surface area (Å²) in [5, 5.41) is 5.54. The molecule has 1 fully saturated rings. The van der Waals surface area contributed by atoms with E-state index in [1.807, 2.05) is 24.3 Å². The molecule has 2 aromatic carbocycles. The Labute approximate surface area is 157 Å². The van der Waals surface area contributed by atoms with Crippen molar-refractivity contribution in [1.29, 1.82) is 0 Å². The fourth-order valence-electron chi connectivity index (χ4n) is 2.99. The van der Waals surface area contributed by atoms with E-state index >= 15 is 0 Å². The molecule has 0 atom stereocenters. The topological polar surface area (TPSA) is 67.4 Å². The van der Waals surface area contributed by atoms with Gasteiger partial charge in [-0.25, -0.2) is 4.39 Å². The minimum Gasteiger partial charge on any atom is -0.497 e. The highest BCUT2D eigenvalue weighted by molar-refractivity contribution is 6.07. The van der Waals surface area contributed by atoms with Gasteiger partial charge in [-0.15, -0.1) is 0 Å². The SMILES string of the molecule is COc1cccc(CCNC(=O)C2(C(=O)NCc3ccccc3F)CC2)c1. The van der Waals surface area contributed by atoms with Crippen molar-refractivity contribution < 1.29 is 18.7 Å². The molecule has 0 spiro atoms. The van der Waals surface area contributed by atoms with Crippen molar-refractivity contribution in [2.24, 2.45) is 5.41 Å². The molecule has 0 saturated heterocycles. The lowest BCUT2D eigenvalue weighted by atomic mass is 10.0. The fraction of sp³-hybridized carbons (Fsp3) is 0.333. The maximum Gasteiger partial charge on any atom is 0.235 e. The van der Waals surface area contributed by atoms with Crippen LogP contribution in [-0.2, 0) is 22.6 Å². The zero-order valence-electron chi connectivity index (χ0n) is 15.3. The van der Waals surface area contributed by atoms with Gasteiger partial charge in [0.05, 0.1) is 7.11 Å². The molecule has 1 aliphatic carbocycles. The van der Waals surface area contributed by atoms with Gasteiger partial charge in [0, 0.05) is 18.7 Å². The Morgan fingerprint density at radius 3 is 2.52 bits per heavy atom. The first-order valence-corrected chi connectivity index (χ1v) is 8.98. The molecule has 3 rings (SSSR count). The zero-order valence-corrected chi connectivity index (χ0v) is 15.3. The number of hydrogen-bond donors (Lipinski definition) is 2. The van der Waals surface area contributed by atoms with E-state index in [-0.39, 0.29) is 24.2 Å². The molecule has 5 nitrogen and oxygen atoms in total. The van der Waals surface area contributed by atoms with Crippen molar-refractivity contribution in [2.45, 2.75) is 25.8 Å². The Morgan fingerprint density at radius 2 is 1.81 bits per heavy atom. The first kappa shape index (κ1) is 18.9. The predicted molar refractivity (Wildman–Crippen MR) is 99.6 cm³/mol. The third-order valence-corrected chi connectivity index (χ3v) is 4.85. The van der Waals surface area contributed by atoms with Crippen molar-refractivity contribution in [3.63, 3.8) is 0 Å². The molecule has 142 valence electrons. The summed E-state index contributed by atoms with van der Waals surface area (Å²) in [6, 6.07) is 13.9. The molecule has 27 heavy (non-hydrogen) atoms. The van der Waals surface area contributed by atoms with Gasteiger partial charge in [0.2, 0.25) is 11.8 Å². The van der Waals surface area contributed by atoms with Crippen LogP contribution in [-0.4, -0.2) is 25.5 Å². The Kier molecular flexibility index (Phi) is 5.74. The molecule has 2 aromatic rings. The van der Waals surface area contributed by atoms with E-state index in [1.165, 1.54) is 6.07 Å². The average molecular weight is 370 g/mol. The van der Waals surface area contributed by atoms with Crippen molar-refractivity contribution in [2.75, 3.05) is 13.7 Å². The van der Waals surface area contributed by atoms with Crippen LogP contribution in [0.1, 0.15) is 24.0 Å². The average Bonchev–Trinajstić information content (AvgIpc) is 3.49. The molecular weight excluding hydrogens is 347 g/mol. The van der Waals surface area contributed by atoms with E-state index in [9.17, 15) is 14.0 Å². The van der Waals surface area contributed by atoms with E-state index < -0.39 is 5.41 Å². The van der Waals surface area contributed by atoms with Crippen LogP contribution < -0.4 is 15.4 Å². The number of nitrogens with one attached hydrogen (secondary N) is 2. The van der Waals surface area contributed by atoms with Gasteiger partial charge in [-0.3, -0.25) is 9.59 Å². The molecule has 1 aliphatic rings. The van der Waals surface area contributed by atoms with E-state index in [2.05, 4.69) is 10.6 Å². The number of methoxy groups -OCH3 is 1. The third kappa shape index (κ3) is 4.45. The molecular formula is C21H23FN2O3. The van der Waals surface area contributed by atoms with Crippen LogP contribution in [0.2, 0.25) is 0 Å². The lowest BCUT2D eigenvalue weighted by Gasteiger charge is -2.16. The number of rotatable bonds is 8. The second-order valence-electron chi connectivity index (χ2n) is 6.71. The van der Waals surface area contributed by atoms with Crippen LogP contribution in [0.5, 0.6) is 5.75 Å². The molecule has 0 aromatic heterocycles. The largest absolute Gasteiger partial charge is 0.497 e. The Hall–Kier alpha value is -2.89. The number of benzene rings is 2. The normalized spacial score (nSPS) is 14.3. The second kappa shape index (κ2) is 8.20. The van der Waals surface area contributed by atoms with Gasteiger partial charge in [-0.05, 0) is 43.0 Å². The molecule has 0 radical (unpaired) electrons. The summed E-state index contributed by atoms with van der Waals surface area (Å²) in [4.78, 5) is 24.9. The van der Waals surface area contributed by atoms with Crippen molar-refractivity contribution >= 4 is 11.8 Å². The monoisotopic (exact) mass is 370 g/mol. The van der Waals surface area contributed by atoms with Crippen LogP contribution >= 0.6 is 0 Å². The van der Waals surface area contributed by atoms with Gasteiger partial charge < -0.3 is 15.4 Å². The van der Waals surface area contributed by atoms with Gasteiger partial charge in [-0.1, -0.05) is 30.3 Å². The quantitative estimate of drug-likeness (QED) is 0.702. The third-order valence-electron chi connectivity index (χ3n) is 4.85. The number of carbonyl (C=O) groups is 2. The summed E-state index contributed by atoms with van der Waals surface area (Å²) >= 11 is 0. The van der Waals surface area contributed by atoms with Crippen LogP contribution in [0.3, 0.4) is 0 Å². The highest BCUT2D eigenvalue weighted by Gasteiger charge is 2.56. The zero-order chi connectivity index (χ0) is 19.3. The van der Waals surface area contributed by atoms with Crippen molar-refractivity contribution in [1.82, 2.24) is 10.6 Å². The molecule has 2 amide bonds. The first-order chi connectivity index (χ1) is 13.0. The molecule has 0 unspecified atom stereocenters. The van der Waals surface area contributed by atoms with E-state index in [4.69, 9.17) is 4.74 Å². The van der Waals surface area contributed by atoms with Gasteiger partial charge in [0.15, 0.2) is 0 Å². The number of hydrogen-bond acceptors (Lipinski definition) is 3. The molecule has 1 saturated carbocycles. The summed E-state index contributed by atoms with van der Waals surface area (Å²) in [5.74, 6) is -0.212. The van der Waals surface area contributed by atoms with Crippen molar-refractivity contribution in [3.05, 3.63) is 65.5 Å². The van der Waals surface area contributed by atoms with Gasteiger partial charge in [0.1, 0.15) is 17.0 Å². The molecule has 6 heteroatoms. The molecule has 2 N–H and O–H groups in total. The molecule has 0 heterocycles. The Balaban J connectivity index is 1.50. The number of carbonyl (C=O) groups excluding carboxylic acids is 2. The lowest BCUT2D eigenvalue weighted by molar-refractivity contribution is -0.137. The fourth-order valence-corrected chi connectivity index (χ4v) is 2.99. The smallest absolute Gasteiger partial charge is 0.235 e. The van der Waals surface area contributed by atoms with E-state index in [1.54, 1.807) is 25.3 Å². The summed E-state index contributed by atoms with van der Waals surface area (Å²) in [7, 11) is 1.61. The number of amides is 2. The minimum atomic E-state index is -1.01. The summed E-state index contributed by atoms with van der Waals surface area (Å²) in [6.45, 7) is 0.513. The van der Waals surface area contributed by atoms with Gasteiger partial charge >= 0.3 is 0 Å². The Morgan fingerprint density at radius 1 is 1.07 bits per heavy atom. The Bertz CT molecular complexity index is 834. The summed E-state index contributed by atoms with van der Waals surface area (Å²) < 4.78 is 18.8. The summed E-state index contributed by atoms with van der Waals surface area (Å²) in [6.07, 6.45) is 1.68. The second-order valence-corrected chi connectivity index (χ2v) is 6.71. The van der Waals surface area contributed by atoms with E-state index in [0.717, 1.165) is 11.3 Å². The van der Waals surface area contributed by atoms with E-state index in [0.29, 0.717) is 31.4 Å². The maximum absolute atomic E-state index is 13.7. The maximum atomic E-state index is 13.7. The number of halogens is 1. The van der Waals surface area contributed by atoms with Crippen molar-refractivity contribution in [3.8, 4) is 5.75 Å². The molecule has 0 bridgehead atoms. The van der Waals surface area contributed by atoms with Gasteiger partial charge in [0.25, 0.3) is 0 Å². The summed E-state index contributed by atoms with van der Waals surface area (Å²) in [5.41, 5.74) is 0.434. The minimum absolute atomic E-state index is 0.0738. The van der Waals surface area contributed by atoms with Crippen LogP contribution in [0, 0.1) is 11.2 Å². The van der Waals surface area contributed by atoms with Gasteiger partial charge in [-0.2, -0.15) is 0 Å². The van der Waals surface area contributed by atoms with Crippen LogP contribution in [0.15, 0.2) is 48.5 Å². The highest BCUT2D eigenvalue weighted by atomic mass is 19.1. The number of ether oxygens (including phenoxy) is 1. The standard InChI is InChI=1S/C21H23FN2O3/c1-27-17-7-4-5-15(13-17)9-12-23-19(25)21(10-11-21)20(26)24-14-16-6-2-3-8-18(16)22/h2-8,13H,9-12,14H2,1H3,(H,23,25)(H,24,26). The predicted octanol–water partition coefficient (Wildman–Crippen LogP) is 2.59.